The Bertz CT molecular complexity index is 710. The lowest BCUT2D eigenvalue weighted by Crippen LogP contribution is -2.36. The number of nitrogens with one attached hydrogen (secondary N) is 2. The zero-order valence-corrected chi connectivity index (χ0v) is 14.3. The van der Waals surface area contributed by atoms with Crippen LogP contribution in [0.15, 0.2) is 17.1 Å². The van der Waals surface area contributed by atoms with Crippen LogP contribution in [0.3, 0.4) is 0 Å². The summed E-state index contributed by atoms with van der Waals surface area (Å²) in [6.45, 7) is 1.69. The Morgan fingerprint density at radius 2 is 1.92 bits per heavy atom. The molecule has 11 heteroatoms. The van der Waals surface area contributed by atoms with Gasteiger partial charge in [-0.3, -0.25) is 5.32 Å². The average Bonchev–Trinajstić information content (AvgIpc) is 2.56. The molecule has 0 atom stereocenters. The van der Waals surface area contributed by atoms with Crippen LogP contribution in [0.1, 0.15) is 17.3 Å². The fraction of sp³-hybridized carbons (Fsp3) is 0.286. The second-order valence-corrected chi connectivity index (χ2v) is 4.61. The summed E-state index contributed by atoms with van der Waals surface area (Å²) in [6.07, 6.45) is -1.01. The number of esters is 1. The minimum atomic E-state index is -1.01. The predicted molar refractivity (Wildman–Crippen MR) is 86.4 cm³/mol. The van der Waals surface area contributed by atoms with Crippen molar-refractivity contribution in [2.75, 3.05) is 26.1 Å². The highest BCUT2D eigenvalue weighted by atomic mass is 35.5. The third-order valence-electron chi connectivity index (χ3n) is 2.58. The third kappa shape index (κ3) is 5.92. The second-order valence-electron chi connectivity index (χ2n) is 4.20. The second kappa shape index (κ2) is 9.42. The molecule has 0 radical (unpaired) electrons. The van der Waals surface area contributed by atoms with Crippen molar-refractivity contribution in [3.05, 3.63) is 28.5 Å². The summed E-state index contributed by atoms with van der Waals surface area (Å²) in [5, 5.41) is 4.05. The van der Waals surface area contributed by atoms with Crippen molar-refractivity contribution in [2.24, 2.45) is 4.99 Å². The molecule has 136 valence electrons. The molecule has 0 aromatic heterocycles. The minimum Gasteiger partial charge on any atom is -0.465 e. The molecule has 9 nitrogen and oxygen atoms in total. The van der Waals surface area contributed by atoms with Gasteiger partial charge in [0.1, 0.15) is 5.82 Å². The number of methoxy groups -OCH3 is 2. The Morgan fingerprint density at radius 3 is 2.48 bits per heavy atom. The predicted octanol–water partition coefficient (Wildman–Crippen LogP) is 2.55. The summed E-state index contributed by atoms with van der Waals surface area (Å²) in [5.74, 6) is -1.70. The van der Waals surface area contributed by atoms with Gasteiger partial charge in [-0.05, 0) is 19.1 Å². The van der Waals surface area contributed by atoms with Crippen LogP contribution in [0, 0.1) is 5.82 Å². The quantitative estimate of drug-likeness (QED) is 0.476. The molecular weight excluding hydrogens is 361 g/mol. The van der Waals surface area contributed by atoms with E-state index in [1.165, 1.54) is 0 Å². The smallest absolute Gasteiger partial charge is 0.437 e. The fourth-order valence-electron chi connectivity index (χ4n) is 1.52. The molecule has 0 aliphatic rings. The van der Waals surface area contributed by atoms with Crippen molar-refractivity contribution in [3.8, 4) is 0 Å². The number of carbonyl (C=O) groups excluding carboxylic acids is 3. The molecule has 1 aromatic rings. The Kier molecular flexibility index (Phi) is 7.60. The van der Waals surface area contributed by atoms with Crippen LogP contribution in [0.2, 0.25) is 5.02 Å². The van der Waals surface area contributed by atoms with Gasteiger partial charge in [0.15, 0.2) is 0 Å². The number of halogens is 2. The van der Waals surface area contributed by atoms with Crippen LogP contribution in [0.5, 0.6) is 0 Å². The molecule has 0 aliphatic heterocycles. The van der Waals surface area contributed by atoms with Gasteiger partial charge in [0, 0.05) is 0 Å². The van der Waals surface area contributed by atoms with Gasteiger partial charge in [-0.25, -0.2) is 18.8 Å². The maximum Gasteiger partial charge on any atom is 0.437 e. The number of carbonyl (C=O) groups is 3. The molecule has 1 aromatic carbocycles. The van der Waals surface area contributed by atoms with Gasteiger partial charge in [-0.15, -0.1) is 4.99 Å². The molecular formula is C14H15ClFN3O6. The Hall–Kier alpha value is -2.88. The van der Waals surface area contributed by atoms with Gasteiger partial charge >= 0.3 is 24.1 Å². The molecule has 0 bridgehead atoms. The van der Waals surface area contributed by atoms with E-state index in [0.717, 1.165) is 26.4 Å². The van der Waals surface area contributed by atoms with Gasteiger partial charge in [0.25, 0.3) is 0 Å². The summed E-state index contributed by atoms with van der Waals surface area (Å²) in [5.41, 5.74) is -0.495. The Labute approximate surface area is 147 Å². The summed E-state index contributed by atoms with van der Waals surface area (Å²) >= 11 is 5.75. The van der Waals surface area contributed by atoms with Crippen molar-refractivity contribution < 1.29 is 33.0 Å². The lowest BCUT2D eigenvalue weighted by Gasteiger charge is -2.11. The van der Waals surface area contributed by atoms with E-state index >= 15 is 0 Å². The van der Waals surface area contributed by atoms with Gasteiger partial charge in [0.2, 0.25) is 0 Å². The summed E-state index contributed by atoms with van der Waals surface area (Å²) in [4.78, 5) is 37.9. The Balaban J connectivity index is 2.97. The molecule has 25 heavy (non-hydrogen) atoms. The van der Waals surface area contributed by atoms with Crippen LogP contribution in [0.25, 0.3) is 0 Å². The summed E-state index contributed by atoms with van der Waals surface area (Å²) < 4.78 is 27.6. The number of hydrogen-bond donors (Lipinski definition) is 2. The number of benzene rings is 1. The van der Waals surface area contributed by atoms with Crippen LogP contribution in [0.4, 0.5) is 19.7 Å². The molecule has 0 spiro atoms. The van der Waals surface area contributed by atoms with E-state index in [-0.39, 0.29) is 22.9 Å². The SMILES string of the molecule is CCO/C(=N/C(=O)OC)NC(=O)Nc1cc(C(=O)OC)c(Cl)cc1F. The van der Waals surface area contributed by atoms with E-state index in [0.29, 0.717) is 0 Å². The van der Waals surface area contributed by atoms with E-state index in [9.17, 15) is 18.8 Å². The first-order chi connectivity index (χ1) is 11.8. The molecule has 1 rings (SSSR count). The molecule has 0 saturated heterocycles. The minimum absolute atomic E-state index is 0.0951. The first-order valence-corrected chi connectivity index (χ1v) is 7.14. The van der Waals surface area contributed by atoms with Crippen LogP contribution in [-0.4, -0.2) is 44.9 Å². The highest BCUT2D eigenvalue weighted by Gasteiger charge is 2.17. The van der Waals surface area contributed by atoms with Crippen molar-refractivity contribution in [2.45, 2.75) is 6.92 Å². The van der Waals surface area contributed by atoms with Crippen molar-refractivity contribution >= 4 is 41.4 Å². The van der Waals surface area contributed by atoms with E-state index in [1.54, 1.807) is 6.92 Å². The number of amides is 3. The van der Waals surface area contributed by atoms with Gasteiger partial charge in [0.05, 0.1) is 37.1 Å². The van der Waals surface area contributed by atoms with Crippen molar-refractivity contribution in [3.63, 3.8) is 0 Å². The fourth-order valence-corrected chi connectivity index (χ4v) is 1.75. The molecule has 2 N–H and O–H groups in total. The van der Waals surface area contributed by atoms with Gasteiger partial charge in [-0.1, -0.05) is 11.6 Å². The van der Waals surface area contributed by atoms with Crippen molar-refractivity contribution in [1.29, 1.82) is 0 Å². The standard InChI is InChI=1S/C14H15ClFN3O6/c1-4-25-13(19-14(22)24-3)18-12(21)17-10-5-7(11(20)23-2)8(15)6-9(10)16/h5-6H,4H2,1-3H3,(H2,17,18,19,21,22). The summed E-state index contributed by atoms with van der Waals surface area (Å²) in [7, 11) is 2.21. The number of rotatable bonds is 3. The number of hydrogen-bond acceptors (Lipinski definition) is 6. The molecule has 3 amide bonds. The largest absolute Gasteiger partial charge is 0.465 e. The monoisotopic (exact) mass is 375 g/mol. The highest BCUT2D eigenvalue weighted by molar-refractivity contribution is 6.33. The maximum atomic E-state index is 13.9. The van der Waals surface area contributed by atoms with Gasteiger partial charge < -0.3 is 19.5 Å². The molecule has 0 heterocycles. The van der Waals surface area contributed by atoms with Crippen LogP contribution in [-0.2, 0) is 14.2 Å². The van der Waals surface area contributed by atoms with E-state index in [4.69, 9.17) is 16.3 Å². The zero-order valence-electron chi connectivity index (χ0n) is 13.5. The number of ether oxygens (including phenoxy) is 3. The number of aliphatic imine (C=N–C) groups is 1. The molecule has 0 unspecified atom stereocenters. The number of amidine groups is 1. The average molecular weight is 376 g/mol. The highest BCUT2D eigenvalue weighted by Crippen LogP contribution is 2.24. The topological polar surface area (TPSA) is 115 Å². The number of anilines is 1. The van der Waals surface area contributed by atoms with Crippen LogP contribution >= 0.6 is 11.6 Å². The lowest BCUT2D eigenvalue weighted by molar-refractivity contribution is 0.0601. The maximum absolute atomic E-state index is 13.9. The zero-order chi connectivity index (χ0) is 19.0. The Morgan fingerprint density at radius 1 is 1.24 bits per heavy atom. The molecule has 0 aliphatic carbocycles. The van der Waals surface area contributed by atoms with E-state index in [1.807, 2.05) is 0 Å². The number of nitrogens with zero attached hydrogens (tertiary/aromatic N) is 1. The van der Waals surface area contributed by atoms with Crippen molar-refractivity contribution in [1.82, 2.24) is 5.32 Å². The van der Waals surface area contributed by atoms with Crippen LogP contribution < -0.4 is 10.6 Å². The number of urea groups is 1. The first-order valence-electron chi connectivity index (χ1n) is 6.77. The normalized spacial score (nSPS) is 10.7. The third-order valence-corrected chi connectivity index (χ3v) is 2.89. The summed E-state index contributed by atoms with van der Waals surface area (Å²) in [6, 6.07) is 0.415. The lowest BCUT2D eigenvalue weighted by atomic mass is 10.2. The van der Waals surface area contributed by atoms with E-state index in [2.05, 4.69) is 25.1 Å². The van der Waals surface area contributed by atoms with E-state index < -0.39 is 29.9 Å². The molecule has 0 fully saturated rings. The molecule has 0 saturated carbocycles. The van der Waals surface area contributed by atoms with Gasteiger partial charge in [-0.2, -0.15) is 0 Å². The first kappa shape index (κ1) is 20.2.